The molecule has 0 saturated carbocycles. The molecule has 0 aromatic carbocycles. The number of halogens is 1. The Morgan fingerprint density at radius 3 is 2.77 bits per heavy atom. The molecule has 1 rings (SSSR count). The van der Waals surface area contributed by atoms with Crippen LogP contribution in [0.25, 0.3) is 0 Å². The molecule has 5 nitrogen and oxygen atoms in total. The van der Waals surface area contributed by atoms with Gasteiger partial charge in [-0.1, -0.05) is 15.9 Å². The van der Waals surface area contributed by atoms with Gasteiger partial charge in [-0.2, -0.15) is 0 Å². The SMILES string of the molecule is O=S(=O)(CBr)NCC1COCCO1. The predicted molar refractivity (Wildman–Crippen MR) is 51.3 cm³/mol. The molecule has 0 spiro atoms. The van der Waals surface area contributed by atoms with Crippen molar-refractivity contribution in [2.75, 3.05) is 31.0 Å². The summed E-state index contributed by atoms with van der Waals surface area (Å²) in [5.41, 5.74) is 0. The van der Waals surface area contributed by atoms with Crippen LogP contribution in [0, 0.1) is 0 Å². The zero-order valence-electron chi connectivity index (χ0n) is 7.03. The van der Waals surface area contributed by atoms with Crippen molar-refractivity contribution < 1.29 is 17.9 Å². The van der Waals surface area contributed by atoms with E-state index in [2.05, 4.69) is 20.7 Å². The van der Waals surface area contributed by atoms with Crippen LogP contribution < -0.4 is 4.72 Å². The quantitative estimate of drug-likeness (QED) is 0.713. The average molecular weight is 274 g/mol. The summed E-state index contributed by atoms with van der Waals surface area (Å²) in [6.07, 6.45) is -0.164. The Morgan fingerprint density at radius 2 is 2.23 bits per heavy atom. The van der Waals surface area contributed by atoms with Gasteiger partial charge in [0, 0.05) is 6.54 Å². The largest absolute Gasteiger partial charge is 0.376 e. The number of ether oxygens (including phenoxy) is 2. The minimum absolute atomic E-state index is 0.0897. The maximum absolute atomic E-state index is 11.0. The maximum Gasteiger partial charge on any atom is 0.221 e. The summed E-state index contributed by atoms with van der Waals surface area (Å²) in [4.78, 5) is 0. The lowest BCUT2D eigenvalue weighted by atomic mass is 10.3. The first-order valence-electron chi connectivity index (χ1n) is 3.87. The number of hydrogen-bond acceptors (Lipinski definition) is 4. The Labute approximate surface area is 86.0 Å². The molecular formula is C6H12BrNO4S. The van der Waals surface area contributed by atoms with E-state index in [4.69, 9.17) is 9.47 Å². The fourth-order valence-corrected chi connectivity index (χ4v) is 1.92. The van der Waals surface area contributed by atoms with E-state index >= 15 is 0 Å². The molecule has 0 amide bonds. The molecule has 1 heterocycles. The maximum atomic E-state index is 11.0. The topological polar surface area (TPSA) is 64.6 Å². The van der Waals surface area contributed by atoms with E-state index in [9.17, 15) is 8.42 Å². The minimum Gasteiger partial charge on any atom is -0.376 e. The molecule has 1 unspecified atom stereocenters. The van der Waals surface area contributed by atoms with E-state index in [0.717, 1.165) is 0 Å². The highest BCUT2D eigenvalue weighted by molar-refractivity contribution is 9.10. The van der Waals surface area contributed by atoms with Gasteiger partial charge < -0.3 is 9.47 Å². The molecule has 1 aliphatic rings. The van der Waals surface area contributed by atoms with Crippen molar-refractivity contribution >= 4 is 26.0 Å². The van der Waals surface area contributed by atoms with Crippen LogP contribution in [-0.2, 0) is 19.5 Å². The molecule has 1 saturated heterocycles. The molecule has 13 heavy (non-hydrogen) atoms. The van der Waals surface area contributed by atoms with Gasteiger partial charge in [-0.05, 0) is 0 Å². The molecule has 1 fully saturated rings. The van der Waals surface area contributed by atoms with Crippen LogP contribution in [0.2, 0.25) is 0 Å². The molecule has 0 aromatic rings. The Balaban J connectivity index is 2.25. The van der Waals surface area contributed by atoms with Gasteiger partial charge in [0.1, 0.15) is 4.66 Å². The molecule has 0 aromatic heterocycles. The van der Waals surface area contributed by atoms with Crippen LogP contribution in [0.4, 0.5) is 0 Å². The number of sulfonamides is 1. The molecule has 78 valence electrons. The number of nitrogens with one attached hydrogen (secondary N) is 1. The lowest BCUT2D eigenvalue weighted by Crippen LogP contribution is -2.39. The predicted octanol–water partition coefficient (Wildman–Crippen LogP) is -0.326. The van der Waals surface area contributed by atoms with Crippen molar-refractivity contribution in [3.63, 3.8) is 0 Å². The monoisotopic (exact) mass is 273 g/mol. The lowest BCUT2D eigenvalue weighted by molar-refractivity contribution is -0.0846. The third-order valence-corrected chi connectivity index (χ3v) is 4.26. The Kier molecular flexibility index (Phi) is 4.60. The average Bonchev–Trinajstić information content (AvgIpc) is 2.17. The van der Waals surface area contributed by atoms with E-state index in [1.807, 2.05) is 0 Å². The molecule has 0 radical (unpaired) electrons. The second-order valence-electron chi connectivity index (χ2n) is 2.64. The first-order chi connectivity index (χ1) is 6.14. The van der Waals surface area contributed by atoms with Crippen LogP contribution in [0.1, 0.15) is 0 Å². The van der Waals surface area contributed by atoms with E-state index in [-0.39, 0.29) is 17.3 Å². The van der Waals surface area contributed by atoms with Gasteiger partial charge in [0.05, 0.1) is 25.9 Å². The Hall–Kier alpha value is 0.310. The highest BCUT2D eigenvalue weighted by atomic mass is 79.9. The standard InChI is InChI=1S/C6H12BrNO4S/c7-5-13(9,10)8-3-6-4-11-1-2-12-6/h6,8H,1-5H2. The van der Waals surface area contributed by atoms with Gasteiger partial charge in [0.15, 0.2) is 0 Å². The molecular weight excluding hydrogens is 262 g/mol. The van der Waals surface area contributed by atoms with Gasteiger partial charge in [-0.3, -0.25) is 0 Å². The smallest absolute Gasteiger partial charge is 0.221 e. The van der Waals surface area contributed by atoms with Gasteiger partial charge >= 0.3 is 0 Å². The fraction of sp³-hybridized carbons (Fsp3) is 1.00. The van der Waals surface area contributed by atoms with Crippen LogP contribution in [0.3, 0.4) is 0 Å². The third kappa shape index (κ3) is 4.37. The summed E-state index contributed by atoms with van der Waals surface area (Å²) in [6.45, 7) is 1.83. The molecule has 1 aliphatic heterocycles. The molecule has 0 bridgehead atoms. The molecule has 1 atom stereocenters. The van der Waals surface area contributed by atoms with Crippen molar-refractivity contribution in [2.24, 2.45) is 0 Å². The highest BCUT2D eigenvalue weighted by Gasteiger charge is 2.16. The second-order valence-corrected chi connectivity index (χ2v) is 5.75. The van der Waals surface area contributed by atoms with E-state index in [1.165, 1.54) is 0 Å². The van der Waals surface area contributed by atoms with E-state index in [0.29, 0.717) is 19.8 Å². The fourth-order valence-electron chi connectivity index (χ4n) is 0.913. The highest BCUT2D eigenvalue weighted by Crippen LogP contribution is 2.00. The van der Waals surface area contributed by atoms with Gasteiger partial charge in [0.2, 0.25) is 10.0 Å². The summed E-state index contributed by atoms with van der Waals surface area (Å²) < 4.78 is 34.6. The summed E-state index contributed by atoms with van der Waals surface area (Å²) in [7, 11) is -3.19. The number of rotatable bonds is 4. The number of alkyl halides is 1. The van der Waals surface area contributed by atoms with Gasteiger partial charge in [-0.25, -0.2) is 13.1 Å². The van der Waals surface area contributed by atoms with Crippen molar-refractivity contribution in [3.05, 3.63) is 0 Å². The summed E-state index contributed by atoms with van der Waals surface area (Å²) in [6, 6.07) is 0. The molecule has 0 aliphatic carbocycles. The Morgan fingerprint density at radius 1 is 1.46 bits per heavy atom. The van der Waals surface area contributed by atoms with Crippen molar-refractivity contribution in [2.45, 2.75) is 6.10 Å². The minimum atomic E-state index is -3.19. The van der Waals surface area contributed by atoms with Crippen LogP contribution in [0.5, 0.6) is 0 Å². The molecule has 1 N–H and O–H groups in total. The molecule has 7 heteroatoms. The lowest BCUT2D eigenvalue weighted by Gasteiger charge is -2.22. The number of hydrogen-bond donors (Lipinski definition) is 1. The normalized spacial score (nSPS) is 24.5. The second kappa shape index (κ2) is 5.26. The van der Waals surface area contributed by atoms with Crippen molar-refractivity contribution in [1.29, 1.82) is 0 Å². The zero-order valence-corrected chi connectivity index (χ0v) is 9.43. The van der Waals surface area contributed by atoms with Crippen LogP contribution >= 0.6 is 15.9 Å². The van der Waals surface area contributed by atoms with Crippen LogP contribution in [-0.4, -0.2) is 45.5 Å². The first-order valence-corrected chi connectivity index (χ1v) is 6.64. The summed E-state index contributed by atoms with van der Waals surface area (Å²) in [5, 5.41) is 0. The summed E-state index contributed by atoms with van der Waals surface area (Å²) >= 11 is 2.87. The third-order valence-electron chi connectivity index (χ3n) is 1.56. The zero-order chi connectivity index (χ0) is 9.73. The van der Waals surface area contributed by atoms with E-state index in [1.54, 1.807) is 0 Å². The van der Waals surface area contributed by atoms with Gasteiger partial charge in [-0.15, -0.1) is 0 Å². The first kappa shape index (κ1) is 11.4. The van der Waals surface area contributed by atoms with Gasteiger partial charge in [0.25, 0.3) is 0 Å². The van der Waals surface area contributed by atoms with Crippen molar-refractivity contribution in [3.8, 4) is 0 Å². The van der Waals surface area contributed by atoms with Crippen molar-refractivity contribution in [1.82, 2.24) is 4.72 Å². The van der Waals surface area contributed by atoms with Crippen LogP contribution in [0.15, 0.2) is 0 Å². The summed E-state index contributed by atoms with van der Waals surface area (Å²) in [5.74, 6) is 0. The van der Waals surface area contributed by atoms with E-state index < -0.39 is 10.0 Å². The Bertz CT molecular complexity index is 237.